The molecule has 0 N–H and O–H groups in total. The van der Waals surface area contributed by atoms with Crippen molar-refractivity contribution >= 4 is 17.3 Å². The Morgan fingerprint density at radius 2 is 2.14 bits per heavy atom. The quantitative estimate of drug-likeness (QED) is 0.714. The molecule has 1 aliphatic rings. The minimum Gasteiger partial charge on any atom is -0.370 e. The van der Waals surface area contributed by atoms with Crippen LogP contribution in [0.5, 0.6) is 0 Å². The number of hydrogen-bond acceptors (Lipinski definition) is 3. The summed E-state index contributed by atoms with van der Waals surface area (Å²) in [5.41, 5.74) is 1.09. The van der Waals surface area contributed by atoms with Gasteiger partial charge in [-0.05, 0) is 18.8 Å². The van der Waals surface area contributed by atoms with Crippen LogP contribution >= 0.6 is 11.6 Å². The Bertz CT molecular complexity index is 308. The number of anilines is 1. The molecule has 0 aromatic carbocycles. The van der Waals surface area contributed by atoms with Gasteiger partial charge in [0.05, 0.1) is 11.9 Å². The van der Waals surface area contributed by atoms with Gasteiger partial charge < -0.3 is 4.90 Å². The second kappa shape index (κ2) is 4.13. The van der Waals surface area contributed by atoms with Crippen molar-refractivity contribution in [3.05, 3.63) is 17.4 Å². The first-order valence-corrected chi connectivity index (χ1v) is 5.36. The van der Waals surface area contributed by atoms with E-state index in [0.29, 0.717) is 5.15 Å². The van der Waals surface area contributed by atoms with Crippen molar-refractivity contribution in [3.63, 3.8) is 0 Å². The molecule has 0 atom stereocenters. The lowest BCUT2D eigenvalue weighted by Gasteiger charge is -2.31. The highest BCUT2D eigenvalue weighted by Gasteiger charge is 2.16. The Labute approximate surface area is 89.1 Å². The molecule has 76 valence electrons. The van der Waals surface area contributed by atoms with E-state index in [9.17, 15) is 0 Å². The average Bonchev–Trinajstić information content (AvgIpc) is 2.19. The maximum absolute atomic E-state index is 5.79. The third kappa shape index (κ3) is 2.15. The van der Waals surface area contributed by atoms with E-state index in [1.165, 1.54) is 12.8 Å². The lowest BCUT2D eigenvalue weighted by molar-refractivity contribution is 0.438. The third-order valence-corrected chi connectivity index (χ3v) is 2.94. The van der Waals surface area contributed by atoms with Gasteiger partial charge in [0.15, 0.2) is 5.15 Å². The van der Waals surface area contributed by atoms with Crippen LogP contribution in [-0.4, -0.2) is 23.3 Å². The lowest BCUT2D eigenvalue weighted by Crippen LogP contribution is -2.32. The molecule has 4 heteroatoms. The van der Waals surface area contributed by atoms with Gasteiger partial charge in [0.2, 0.25) is 0 Å². The standard InChI is InChI=1S/C10H14ClN3/c1-8-2-4-14(5-3-8)9-6-10(11)13-12-7-9/h6-8H,2-5H2,1H3. The molecule has 2 heterocycles. The first-order chi connectivity index (χ1) is 6.75. The van der Waals surface area contributed by atoms with Gasteiger partial charge in [-0.15, -0.1) is 5.10 Å². The number of aromatic nitrogens is 2. The number of piperidine rings is 1. The van der Waals surface area contributed by atoms with Crippen LogP contribution in [0.15, 0.2) is 12.3 Å². The molecule has 1 aromatic rings. The predicted molar refractivity (Wildman–Crippen MR) is 57.7 cm³/mol. The van der Waals surface area contributed by atoms with Crippen LogP contribution in [-0.2, 0) is 0 Å². The molecule has 1 fully saturated rings. The number of rotatable bonds is 1. The average molecular weight is 212 g/mol. The molecule has 0 unspecified atom stereocenters. The molecule has 3 nitrogen and oxygen atoms in total. The smallest absolute Gasteiger partial charge is 0.153 e. The molecule has 2 rings (SSSR count). The number of halogens is 1. The Kier molecular flexibility index (Phi) is 2.87. The maximum atomic E-state index is 5.79. The molecule has 0 amide bonds. The zero-order valence-electron chi connectivity index (χ0n) is 8.28. The third-order valence-electron chi connectivity index (χ3n) is 2.76. The van der Waals surface area contributed by atoms with Crippen LogP contribution in [0.1, 0.15) is 19.8 Å². The van der Waals surface area contributed by atoms with E-state index < -0.39 is 0 Å². The summed E-state index contributed by atoms with van der Waals surface area (Å²) in [7, 11) is 0. The van der Waals surface area contributed by atoms with Crippen LogP contribution in [0, 0.1) is 5.92 Å². The molecular weight excluding hydrogens is 198 g/mol. The Balaban J connectivity index is 2.08. The molecule has 0 aliphatic carbocycles. The van der Waals surface area contributed by atoms with Gasteiger partial charge in [0.1, 0.15) is 0 Å². The zero-order valence-corrected chi connectivity index (χ0v) is 9.04. The van der Waals surface area contributed by atoms with E-state index in [-0.39, 0.29) is 0 Å². The Morgan fingerprint density at radius 3 is 2.79 bits per heavy atom. The fraction of sp³-hybridized carbons (Fsp3) is 0.600. The summed E-state index contributed by atoms with van der Waals surface area (Å²) in [6.07, 6.45) is 4.28. The highest BCUT2D eigenvalue weighted by molar-refractivity contribution is 6.29. The molecule has 0 bridgehead atoms. The first kappa shape index (κ1) is 9.71. The zero-order chi connectivity index (χ0) is 9.97. The minimum absolute atomic E-state index is 0.473. The molecule has 14 heavy (non-hydrogen) atoms. The molecular formula is C10H14ClN3. The van der Waals surface area contributed by atoms with E-state index in [2.05, 4.69) is 22.0 Å². The van der Waals surface area contributed by atoms with E-state index in [0.717, 1.165) is 24.7 Å². The molecule has 1 aliphatic heterocycles. The van der Waals surface area contributed by atoms with Gasteiger partial charge in [-0.1, -0.05) is 18.5 Å². The summed E-state index contributed by atoms with van der Waals surface area (Å²) < 4.78 is 0. The van der Waals surface area contributed by atoms with Crippen LogP contribution in [0.25, 0.3) is 0 Å². The largest absolute Gasteiger partial charge is 0.370 e. The summed E-state index contributed by atoms with van der Waals surface area (Å²) in [5, 5.41) is 8.07. The van der Waals surface area contributed by atoms with Crippen LogP contribution in [0.2, 0.25) is 5.15 Å². The highest BCUT2D eigenvalue weighted by Crippen LogP contribution is 2.23. The molecule has 1 aromatic heterocycles. The number of nitrogens with zero attached hydrogens (tertiary/aromatic N) is 3. The van der Waals surface area contributed by atoms with Crippen LogP contribution < -0.4 is 4.90 Å². The van der Waals surface area contributed by atoms with E-state index in [4.69, 9.17) is 11.6 Å². The fourth-order valence-electron chi connectivity index (χ4n) is 1.77. The van der Waals surface area contributed by atoms with Gasteiger partial charge in [-0.3, -0.25) is 0 Å². The summed E-state index contributed by atoms with van der Waals surface area (Å²) in [4.78, 5) is 2.32. The fourth-order valence-corrected chi connectivity index (χ4v) is 1.93. The lowest BCUT2D eigenvalue weighted by atomic mass is 9.99. The van der Waals surface area contributed by atoms with Crippen LogP contribution in [0.3, 0.4) is 0 Å². The Hall–Kier alpha value is -0.830. The van der Waals surface area contributed by atoms with Crippen molar-refractivity contribution in [2.24, 2.45) is 5.92 Å². The molecule has 0 radical (unpaired) electrons. The molecule has 1 saturated heterocycles. The SMILES string of the molecule is CC1CCN(c2cnnc(Cl)c2)CC1. The monoisotopic (exact) mass is 211 g/mol. The van der Waals surface area contributed by atoms with Gasteiger partial charge in [0, 0.05) is 19.2 Å². The topological polar surface area (TPSA) is 29.0 Å². The van der Waals surface area contributed by atoms with Gasteiger partial charge in [0.25, 0.3) is 0 Å². The highest BCUT2D eigenvalue weighted by atomic mass is 35.5. The van der Waals surface area contributed by atoms with Gasteiger partial charge in [-0.25, -0.2) is 0 Å². The van der Waals surface area contributed by atoms with Crippen LogP contribution in [0.4, 0.5) is 5.69 Å². The van der Waals surface area contributed by atoms with Gasteiger partial charge in [-0.2, -0.15) is 5.10 Å². The van der Waals surface area contributed by atoms with Gasteiger partial charge >= 0.3 is 0 Å². The maximum Gasteiger partial charge on any atom is 0.153 e. The number of hydrogen-bond donors (Lipinski definition) is 0. The second-order valence-electron chi connectivity index (χ2n) is 3.91. The summed E-state index contributed by atoms with van der Waals surface area (Å²) >= 11 is 5.79. The van der Waals surface area contributed by atoms with Crippen molar-refractivity contribution in [1.29, 1.82) is 0 Å². The second-order valence-corrected chi connectivity index (χ2v) is 4.29. The summed E-state index contributed by atoms with van der Waals surface area (Å²) in [5.74, 6) is 0.844. The predicted octanol–water partition coefficient (Wildman–Crippen LogP) is 2.37. The normalized spacial score (nSPS) is 18.6. The van der Waals surface area contributed by atoms with E-state index >= 15 is 0 Å². The Morgan fingerprint density at radius 1 is 1.43 bits per heavy atom. The minimum atomic E-state index is 0.473. The summed E-state index contributed by atoms with van der Waals surface area (Å²) in [6, 6.07) is 1.88. The van der Waals surface area contributed by atoms with Crippen molar-refractivity contribution in [2.45, 2.75) is 19.8 Å². The van der Waals surface area contributed by atoms with E-state index in [1.807, 2.05) is 6.07 Å². The van der Waals surface area contributed by atoms with Crippen molar-refractivity contribution in [3.8, 4) is 0 Å². The van der Waals surface area contributed by atoms with Crippen molar-refractivity contribution in [2.75, 3.05) is 18.0 Å². The molecule has 0 saturated carbocycles. The van der Waals surface area contributed by atoms with Crippen molar-refractivity contribution in [1.82, 2.24) is 10.2 Å². The molecule has 0 spiro atoms. The van der Waals surface area contributed by atoms with Crippen molar-refractivity contribution < 1.29 is 0 Å². The summed E-state index contributed by atoms with van der Waals surface area (Å²) in [6.45, 7) is 4.50. The van der Waals surface area contributed by atoms with E-state index in [1.54, 1.807) is 6.20 Å². The first-order valence-electron chi connectivity index (χ1n) is 4.99.